The van der Waals surface area contributed by atoms with Crippen molar-refractivity contribution in [1.29, 1.82) is 0 Å². The van der Waals surface area contributed by atoms with E-state index in [2.05, 4.69) is 0 Å². The van der Waals surface area contributed by atoms with Crippen molar-refractivity contribution >= 4 is 11.9 Å². The third-order valence-corrected chi connectivity index (χ3v) is 3.74. The van der Waals surface area contributed by atoms with Gasteiger partial charge in [-0.2, -0.15) is 0 Å². The van der Waals surface area contributed by atoms with E-state index in [1.54, 1.807) is 0 Å². The molecular weight excluding hydrogens is 318 g/mol. The van der Waals surface area contributed by atoms with Gasteiger partial charge in [-0.05, 0) is 24.3 Å². The molecule has 122 valence electrons. The fraction of sp³-hybridized carbons (Fsp3) is 0.500. The van der Waals surface area contributed by atoms with E-state index in [-0.39, 0.29) is 5.75 Å². The highest BCUT2D eigenvalue weighted by Crippen LogP contribution is 2.26. The first-order valence-corrected chi connectivity index (χ1v) is 7.09. The van der Waals surface area contributed by atoms with Crippen molar-refractivity contribution in [1.82, 2.24) is 0 Å². The fourth-order valence-corrected chi connectivity index (χ4v) is 2.39. The Hall–Kier alpha value is -1.43. The van der Waals surface area contributed by atoms with Crippen LogP contribution in [0, 0.1) is 10.1 Å². The van der Waals surface area contributed by atoms with Crippen molar-refractivity contribution in [3.63, 3.8) is 0 Å². The van der Waals surface area contributed by atoms with Gasteiger partial charge in [-0.3, -0.25) is 10.1 Å². The van der Waals surface area contributed by atoms with Crippen LogP contribution in [0.2, 0.25) is 0 Å². The quantitative estimate of drug-likeness (QED) is 0.308. The van der Waals surface area contributed by atoms with E-state index in [9.17, 15) is 25.4 Å². The van der Waals surface area contributed by atoms with Gasteiger partial charge < -0.3 is 29.9 Å². The summed E-state index contributed by atoms with van der Waals surface area (Å²) in [5.41, 5.74) is 0. The Kier molecular flexibility index (Phi) is 5.56. The molecule has 1 heterocycles. The van der Waals surface area contributed by atoms with Crippen molar-refractivity contribution in [3.05, 3.63) is 34.4 Å². The van der Waals surface area contributed by atoms with Gasteiger partial charge in [0.05, 0.1) is 11.5 Å². The van der Waals surface area contributed by atoms with Crippen molar-refractivity contribution in [2.75, 3.05) is 6.61 Å². The number of aliphatic hydroxyl groups excluding tert-OH is 4. The van der Waals surface area contributed by atoms with Gasteiger partial charge in [-0.25, -0.2) is 0 Å². The third kappa shape index (κ3) is 3.85. The molecular formula is C12H15NO8S. The predicted molar refractivity (Wildman–Crippen MR) is 73.7 cm³/mol. The summed E-state index contributed by atoms with van der Waals surface area (Å²) in [6, 6.07) is 5.78. The zero-order valence-corrected chi connectivity index (χ0v) is 12.0. The molecule has 1 aliphatic rings. The molecule has 2 rings (SSSR count). The molecule has 0 spiro atoms. The number of rotatable bonds is 5. The Bertz CT molecular complexity index is 510. The minimum atomic E-state index is -1.53. The van der Waals surface area contributed by atoms with Gasteiger partial charge in [0.15, 0.2) is 0 Å². The Balaban J connectivity index is 2.04. The molecule has 0 radical (unpaired) electrons. The molecule has 0 amide bonds. The first kappa shape index (κ1) is 16.9. The second kappa shape index (κ2) is 7.22. The van der Waals surface area contributed by atoms with Crippen LogP contribution in [0.1, 0.15) is 0 Å². The Morgan fingerprint density at radius 2 is 1.82 bits per heavy atom. The topological polar surface area (TPSA) is 143 Å². The molecule has 0 aliphatic carbocycles. The number of hydrogen-bond acceptors (Lipinski definition) is 9. The first-order valence-electron chi connectivity index (χ1n) is 6.32. The summed E-state index contributed by atoms with van der Waals surface area (Å²) < 4.78 is 9.98. The summed E-state index contributed by atoms with van der Waals surface area (Å²) in [5.74, 6) is 0.247. The van der Waals surface area contributed by atoms with Gasteiger partial charge in [0, 0.05) is 0 Å². The van der Waals surface area contributed by atoms with E-state index in [4.69, 9.17) is 14.6 Å². The monoisotopic (exact) mass is 333 g/mol. The molecule has 0 aromatic heterocycles. The third-order valence-electron chi connectivity index (χ3n) is 3.10. The number of nitrogens with zero attached hydrogens (tertiary/aromatic N) is 1. The molecule has 1 saturated heterocycles. The normalized spacial score (nSPS) is 31.7. The van der Waals surface area contributed by atoms with E-state index in [1.807, 2.05) is 0 Å². The zero-order chi connectivity index (χ0) is 16.3. The lowest BCUT2D eigenvalue weighted by molar-refractivity contribution is -0.284. The van der Waals surface area contributed by atoms with E-state index < -0.39 is 41.6 Å². The number of hydrogen-bond donors (Lipinski definition) is 4. The van der Waals surface area contributed by atoms with Crippen molar-refractivity contribution < 1.29 is 34.2 Å². The summed E-state index contributed by atoms with van der Waals surface area (Å²) in [7, 11) is 0. The summed E-state index contributed by atoms with van der Waals surface area (Å²) in [5, 5.41) is 48.5. The van der Waals surface area contributed by atoms with Gasteiger partial charge in [-0.1, -0.05) is 0 Å². The maximum Gasteiger partial charge on any atom is 0.265 e. The van der Waals surface area contributed by atoms with Gasteiger partial charge in [0.1, 0.15) is 34.5 Å². The molecule has 0 unspecified atom stereocenters. The average molecular weight is 333 g/mol. The zero-order valence-electron chi connectivity index (χ0n) is 11.2. The standard InChI is InChI=1S/C12H15NO8S/c14-5-8-9(15)10(16)11(17)12(21-8)20-6-1-3-7(4-2-6)22-13(18)19/h1-4,8-12,14-17H,5H2/t8-,9+,10+,11-,12+/m1/s1. The summed E-state index contributed by atoms with van der Waals surface area (Å²) in [4.78, 5) is 10.8. The molecule has 0 saturated carbocycles. The minimum Gasteiger partial charge on any atom is -0.462 e. The van der Waals surface area contributed by atoms with E-state index in [1.165, 1.54) is 24.3 Å². The number of ether oxygens (including phenoxy) is 2. The Morgan fingerprint density at radius 3 is 2.36 bits per heavy atom. The van der Waals surface area contributed by atoms with E-state index in [0.717, 1.165) is 0 Å². The Labute approximate surface area is 129 Å². The maximum absolute atomic E-state index is 10.4. The molecule has 4 N–H and O–H groups in total. The van der Waals surface area contributed by atoms with Gasteiger partial charge >= 0.3 is 0 Å². The lowest BCUT2D eigenvalue weighted by Crippen LogP contribution is -2.60. The number of aliphatic hydroxyl groups is 4. The fourth-order valence-electron chi connectivity index (χ4n) is 1.96. The number of benzene rings is 1. The lowest BCUT2D eigenvalue weighted by Gasteiger charge is -2.39. The molecule has 1 fully saturated rings. The molecule has 9 nitrogen and oxygen atoms in total. The molecule has 0 bridgehead atoms. The highest BCUT2D eigenvalue weighted by Gasteiger charge is 2.44. The van der Waals surface area contributed by atoms with Crippen LogP contribution in [0.15, 0.2) is 29.2 Å². The molecule has 22 heavy (non-hydrogen) atoms. The van der Waals surface area contributed by atoms with Gasteiger partial charge in [0.2, 0.25) is 6.29 Å². The van der Waals surface area contributed by atoms with Crippen molar-refractivity contribution in [2.45, 2.75) is 35.6 Å². The molecule has 5 atom stereocenters. The van der Waals surface area contributed by atoms with Crippen LogP contribution in [0.4, 0.5) is 0 Å². The van der Waals surface area contributed by atoms with Crippen LogP contribution in [0.25, 0.3) is 0 Å². The van der Waals surface area contributed by atoms with Crippen molar-refractivity contribution in [2.24, 2.45) is 0 Å². The maximum atomic E-state index is 10.4. The van der Waals surface area contributed by atoms with E-state index in [0.29, 0.717) is 16.8 Å². The highest BCUT2D eigenvalue weighted by molar-refractivity contribution is 7.93. The van der Waals surface area contributed by atoms with Crippen LogP contribution >= 0.6 is 11.9 Å². The predicted octanol–water partition coefficient (Wildman–Crippen LogP) is -0.851. The summed E-state index contributed by atoms with van der Waals surface area (Å²) in [6.45, 7) is -0.552. The molecule has 1 aromatic carbocycles. The summed E-state index contributed by atoms with van der Waals surface area (Å²) in [6.07, 6.45) is -6.85. The van der Waals surface area contributed by atoms with Crippen molar-refractivity contribution in [3.8, 4) is 5.75 Å². The average Bonchev–Trinajstić information content (AvgIpc) is 2.49. The lowest BCUT2D eigenvalue weighted by atomic mass is 9.99. The van der Waals surface area contributed by atoms with Crippen LogP contribution in [0.3, 0.4) is 0 Å². The Morgan fingerprint density at radius 1 is 1.18 bits per heavy atom. The van der Waals surface area contributed by atoms with Crippen LogP contribution < -0.4 is 4.74 Å². The van der Waals surface area contributed by atoms with Crippen LogP contribution in [-0.2, 0) is 4.74 Å². The minimum absolute atomic E-state index is 0.247. The van der Waals surface area contributed by atoms with Crippen LogP contribution in [0.5, 0.6) is 5.75 Å². The second-order valence-electron chi connectivity index (χ2n) is 4.60. The van der Waals surface area contributed by atoms with Gasteiger partial charge in [0.25, 0.3) is 11.9 Å². The largest absolute Gasteiger partial charge is 0.462 e. The van der Waals surface area contributed by atoms with E-state index >= 15 is 0 Å². The number of nitro groups is 1. The highest BCUT2D eigenvalue weighted by atomic mass is 32.2. The summed E-state index contributed by atoms with van der Waals surface area (Å²) >= 11 is 0.438. The van der Waals surface area contributed by atoms with Gasteiger partial charge in [-0.15, -0.1) is 0 Å². The first-order chi connectivity index (χ1) is 10.4. The smallest absolute Gasteiger partial charge is 0.265 e. The molecule has 1 aliphatic heterocycles. The van der Waals surface area contributed by atoms with Crippen LogP contribution in [-0.4, -0.2) is 62.1 Å². The SMILES string of the molecule is O=[N+]([O-])Sc1ccc(O[C@H]2O[C@H](CO)[C@H](O)[C@H](O)[C@H]2O)cc1. The second-order valence-corrected chi connectivity index (χ2v) is 5.55. The molecule has 1 aromatic rings. The molecule has 10 heteroatoms.